The molecule has 1 atom stereocenters. The summed E-state index contributed by atoms with van der Waals surface area (Å²) in [6.07, 6.45) is 0. The molecule has 0 saturated heterocycles. The Balaban J connectivity index is 2.42. The van der Waals surface area contributed by atoms with Crippen molar-refractivity contribution in [3.8, 4) is 6.07 Å². The van der Waals surface area contributed by atoms with Gasteiger partial charge in [0.2, 0.25) is 0 Å². The van der Waals surface area contributed by atoms with Crippen molar-refractivity contribution in [2.24, 2.45) is 0 Å². The number of rotatable bonds is 3. The largest absolute Gasteiger partial charge is 0.292 e. The Morgan fingerprint density at radius 2 is 2.00 bits per heavy atom. The number of benzene rings is 2. The van der Waals surface area contributed by atoms with E-state index in [1.54, 1.807) is 12.1 Å². The van der Waals surface area contributed by atoms with Gasteiger partial charge in [0.1, 0.15) is 11.7 Å². The molecular formula is C16H11BrFNO. The SMILES string of the molecule is Cc1ccccc1C(C#N)C(=O)c1ccc(F)c(Br)c1. The predicted octanol–water partition coefficient (Wildman–Crippen LogP) is 4.39. The number of hydrogen-bond donors (Lipinski definition) is 0. The van der Waals surface area contributed by atoms with Crippen LogP contribution in [0.1, 0.15) is 27.4 Å². The predicted molar refractivity (Wildman–Crippen MR) is 78.0 cm³/mol. The number of carbonyl (C=O) groups excluding carboxylic acids is 1. The van der Waals surface area contributed by atoms with Crippen LogP contribution in [0.2, 0.25) is 0 Å². The van der Waals surface area contributed by atoms with Crippen LogP contribution >= 0.6 is 15.9 Å². The molecule has 0 aromatic heterocycles. The van der Waals surface area contributed by atoms with E-state index in [9.17, 15) is 14.4 Å². The molecule has 2 rings (SSSR count). The lowest BCUT2D eigenvalue weighted by atomic mass is 9.89. The maximum Gasteiger partial charge on any atom is 0.184 e. The fraction of sp³-hybridized carbons (Fsp3) is 0.125. The summed E-state index contributed by atoms with van der Waals surface area (Å²) < 4.78 is 13.4. The van der Waals surface area contributed by atoms with Gasteiger partial charge in [0.15, 0.2) is 5.78 Å². The zero-order valence-electron chi connectivity index (χ0n) is 10.7. The average molecular weight is 332 g/mol. The summed E-state index contributed by atoms with van der Waals surface area (Å²) in [5, 5.41) is 9.30. The van der Waals surface area contributed by atoms with E-state index in [0.29, 0.717) is 11.1 Å². The highest BCUT2D eigenvalue weighted by Crippen LogP contribution is 2.25. The van der Waals surface area contributed by atoms with Gasteiger partial charge in [-0.3, -0.25) is 4.79 Å². The first-order valence-corrected chi connectivity index (χ1v) is 6.78. The van der Waals surface area contributed by atoms with Crippen LogP contribution in [0.3, 0.4) is 0 Å². The highest BCUT2D eigenvalue weighted by atomic mass is 79.9. The molecule has 0 bridgehead atoms. The lowest BCUT2D eigenvalue weighted by Gasteiger charge is -2.11. The minimum Gasteiger partial charge on any atom is -0.292 e. The van der Waals surface area contributed by atoms with Crippen molar-refractivity contribution in [2.75, 3.05) is 0 Å². The molecule has 0 spiro atoms. The van der Waals surface area contributed by atoms with E-state index in [1.165, 1.54) is 18.2 Å². The fourth-order valence-corrected chi connectivity index (χ4v) is 2.37. The Morgan fingerprint density at radius 3 is 2.60 bits per heavy atom. The molecule has 0 N–H and O–H groups in total. The van der Waals surface area contributed by atoms with E-state index in [2.05, 4.69) is 15.9 Å². The minimum atomic E-state index is -0.881. The molecule has 0 aliphatic heterocycles. The van der Waals surface area contributed by atoms with Crippen LogP contribution in [0.25, 0.3) is 0 Å². The van der Waals surface area contributed by atoms with E-state index in [0.717, 1.165) is 5.56 Å². The van der Waals surface area contributed by atoms with Crippen LogP contribution in [0, 0.1) is 24.1 Å². The molecule has 2 aromatic rings. The number of ketones is 1. The fourth-order valence-electron chi connectivity index (χ4n) is 2.00. The molecule has 2 nitrogen and oxygen atoms in total. The Morgan fingerprint density at radius 1 is 1.30 bits per heavy atom. The maximum atomic E-state index is 13.2. The first-order valence-electron chi connectivity index (χ1n) is 5.99. The van der Waals surface area contributed by atoms with Crippen molar-refractivity contribution in [1.29, 1.82) is 5.26 Å². The Kier molecular flexibility index (Phi) is 4.31. The standard InChI is InChI=1S/C16H11BrFNO/c1-10-4-2-3-5-12(10)13(9-19)16(20)11-6-7-15(18)14(17)8-11/h2-8,13H,1H3. The van der Waals surface area contributed by atoms with Crippen LogP contribution in [0.5, 0.6) is 0 Å². The van der Waals surface area contributed by atoms with Gasteiger partial charge in [-0.2, -0.15) is 5.26 Å². The molecular weight excluding hydrogens is 321 g/mol. The second kappa shape index (κ2) is 5.98. The first kappa shape index (κ1) is 14.4. The van der Waals surface area contributed by atoms with Crippen molar-refractivity contribution in [3.63, 3.8) is 0 Å². The van der Waals surface area contributed by atoms with E-state index < -0.39 is 11.7 Å². The summed E-state index contributed by atoms with van der Waals surface area (Å²) in [5.41, 5.74) is 1.88. The molecule has 100 valence electrons. The zero-order chi connectivity index (χ0) is 14.7. The van der Waals surface area contributed by atoms with Crippen molar-refractivity contribution < 1.29 is 9.18 Å². The van der Waals surface area contributed by atoms with E-state index in [4.69, 9.17) is 0 Å². The molecule has 0 fully saturated rings. The first-order chi connectivity index (χ1) is 9.54. The molecule has 0 amide bonds. The van der Waals surface area contributed by atoms with Gasteiger partial charge < -0.3 is 0 Å². The number of hydrogen-bond acceptors (Lipinski definition) is 2. The van der Waals surface area contributed by atoms with Crippen LogP contribution in [0.4, 0.5) is 4.39 Å². The number of carbonyl (C=O) groups is 1. The second-order valence-corrected chi connectivity index (χ2v) is 5.27. The zero-order valence-corrected chi connectivity index (χ0v) is 12.3. The maximum absolute atomic E-state index is 13.2. The minimum absolute atomic E-state index is 0.213. The number of Topliss-reactive ketones (excluding diaryl/α,β-unsaturated/α-hetero) is 1. The average Bonchev–Trinajstić information content (AvgIpc) is 2.44. The van der Waals surface area contributed by atoms with E-state index >= 15 is 0 Å². The quantitative estimate of drug-likeness (QED) is 0.783. The molecule has 1 unspecified atom stereocenters. The summed E-state index contributed by atoms with van der Waals surface area (Å²) in [4.78, 5) is 12.4. The highest BCUT2D eigenvalue weighted by molar-refractivity contribution is 9.10. The molecule has 20 heavy (non-hydrogen) atoms. The normalized spacial score (nSPS) is 11.7. The summed E-state index contributed by atoms with van der Waals surface area (Å²) in [5.74, 6) is -1.65. The van der Waals surface area contributed by atoms with Gasteiger partial charge in [-0.1, -0.05) is 24.3 Å². The Hall–Kier alpha value is -1.99. The summed E-state index contributed by atoms with van der Waals surface area (Å²) in [6.45, 7) is 1.85. The smallest absolute Gasteiger partial charge is 0.184 e. The highest BCUT2D eigenvalue weighted by Gasteiger charge is 2.23. The number of aryl methyl sites for hydroxylation is 1. The van der Waals surface area contributed by atoms with Crippen LogP contribution < -0.4 is 0 Å². The van der Waals surface area contributed by atoms with Crippen molar-refractivity contribution in [3.05, 3.63) is 69.4 Å². The summed E-state index contributed by atoms with van der Waals surface area (Å²) in [7, 11) is 0. The van der Waals surface area contributed by atoms with Gasteiger partial charge in [-0.25, -0.2) is 4.39 Å². The Bertz CT molecular complexity index is 706. The molecule has 0 aliphatic carbocycles. The molecule has 4 heteroatoms. The molecule has 0 aliphatic rings. The van der Waals surface area contributed by atoms with E-state index in [-0.39, 0.29) is 10.3 Å². The van der Waals surface area contributed by atoms with Crippen molar-refractivity contribution in [2.45, 2.75) is 12.8 Å². The third-order valence-corrected chi connectivity index (χ3v) is 3.70. The molecule has 0 saturated carbocycles. The van der Waals surface area contributed by atoms with Gasteiger partial charge in [0.05, 0.1) is 10.5 Å². The Labute approximate surface area is 125 Å². The van der Waals surface area contributed by atoms with Crippen molar-refractivity contribution >= 4 is 21.7 Å². The third kappa shape index (κ3) is 2.78. The molecule has 0 radical (unpaired) electrons. The second-order valence-electron chi connectivity index (χ2n) is 4.41. The monoisotopic (exact) mass is 331 g/mol. The van der Waals surface area contributed by atoms with Crippen molar-refractivity contribution in [1.82, 2.24) is 0 Å². The topological polar surface area (TPSA) is 40.9 Å². The van der Waals surface area contributed by atoms with E-state index in [1.807, 2.05) is 25.1 Å². The van der Waals surface area contributed by atoms with Crippen LogP contribution in [-0.4, -0.2) is 5.78 Å². The molecule has 0 heterocycles. The third-order valence-electron chi connectivity index (χ3n) is 3.09. The number of halogens is 2. The van der Waals surface area contributed by atoms with Gasteiger partial charge in [0.25, 0.3) is 0 Å². The number of nitrogens with zero attached hydrogens (tertiary/aromatic N) is 1. The van der Waals surface area contributed by atoms with Crippen LogP contribution in [0.15, 0.2) is 46.9 Å². The van der Waals surface area contributed by atoms with Gasteiger partial charge in [-0.15, -0.1) is 0 Å². The number of nitriles is 1. The lowest BCUT2D eigenvalue weighted by Crippen LogP contribution is -2.12. The van der Waals surface area contributed by atoms with Gasteiger partial charge >= 0.3 is 0 Å². The van der Waals surface area contributed by atoms with Gasteiger partial charge in [0, 0.05) is 5.56 Å². The lowest BCUT2D eigenvalue weighted by molar-refractivity contribution is 0.0978. The summed E-state index contributed by atoms with van der Waals surface area (Å²) in [6, 6.07) is 13.3. The summed E-state index contributed by atoms with van der Waals surface area (Å²) >= 11 is 3.05. The molecule has 2 aromatic carbocycles. The van der Waals surface area contributed by atoms with Gasteiger partial charge in [-0.05, 0) is 52.2 Å². The van der Waals surface area contributed by atoms with Crippen LogP contribution in [-0.2, 0) is 0 Å².